The Kier molecular flexibility index (Phi) is 5.33. The van der Waals surface area contributed by atoms with Gasteiger partial charge in [0.15, 0.2) is 0 Å². The van der Waals surface area contributed by atoms with Crippen molar-refractivity contribution in [2.24, 2.45) is 0 Å². The molecule has 0 bridgehead atoms. The van der Waals surface area contributed by atoms with Crippen LogP contribution in [-0.4, -0.2) is 36.5 Å². The van der Waals surface area contributed by atoms with Crippen LogP contribution >= 0.6 is 0 Å². The van der Waals surface area contributed by atoms with Crippen molar-refractivity contribution in [3.8, 4) is 0 Å². The highest BCUT2D eigenvalue weighted by molar-refractivity contribution is 5.78. The van der Waals surface area contributed by atoms with Gasteiger partial charge in [-0.25, -0.2) is 9.67 Å². The topological polar surface area (TPSA) is 94.7 Å². The minimum atomic E-state index is -0.201. The van der Waals surface area contributed by atoms with E-state index in [1.165, 1.54) is 4.68 Å². The van der Waals surface area contributed by atoms with Gasteiger partial charge in [0.05, 0.1) is 29.3 Å². The fraction of sp³-hybridized carbons (Fsp3) is 0.286. The molecule has 1 atom stereocenters. The minimum absolute atomic E-state index is 0.0728. The summed E-state index contributed by atoms with van der Waals surface area (Å²) in [6.45, 7) is 2.79. The summed E-state index contributed by atoms with van der Waals surface area (Å²) < 4.78 is 3.29. The number of para-hydroxylation sites is 2. The number of nitrogens with one attached hydrogen (secondary N) is 1. The summed E-state index contributed by atoms with van der Waals surface area (Å²) in [5, 5.41) is 11.6. The summed E-state index contributed by atoms with van der Waals surface area (Å²) in [7, 11) is 0. The Morgan fingerprint density at radius 1 is 1.10 bits per heavy atom. The van der Waals surface area contributed by atoms with E-state index in [0.717, 1.165) is 11.0 Å². The predicted molar refractivity (Wildman–Crippen MR) is 110 cm³/mol. The molecule has 8 nitrogen and oxygen atoms in total. The lowest BCUT2D eigenvalue weighted by molar-refractivity contribution is -0.122. The SMILES string of the molecule is CC[C@H](Cn1nnc2ccccc2c1=O)NC(=O)CCn1cnc2ccccc21. The van der Waals surface area contributed by atoms with Gasteiger partial charge < -0.3 is 9.88 Å². The van der Waals surface area contributed by atoms with Gasteiger partial charge in [-0.2, -0.15) is 0 Å². The number of carbonyl (C=O) groups excluding carboxylic acids is 1. The second-order valence-corrected chi connectivity index (χ2v) is 6.94. The van der Waals surface area contributed by atoms with Crippen molar-refractivity contribution >= 4 is 27.8 Å². The molecule has 4 rings (SSSR count). The second-order valence-electron chi connectivity index (χ2n) is 6.94. The molecular formula is C21H22N6O2. The van der Waals surface area contributed by atoms with Crippen molar-refractivity contribution in [2.75, 3.05) is 0 Å². The quantitative estimate of drug-likeness (QED) is 0.522. The van der Waals surface area contributed by atoms with Crippen LogP contribution in [0.2, 0.25) is 0 Å². The molecule has 29 heavy (non-hydrogen) atoms. The monoisotopic (exact) mass is 390 g/mol. The van der Waals surface area contributed by atoms with Crippen molar-refractivity contribution in [1.29, 1.82) is 0 Å². The number of benzene rings is 2. The highest BCUT2D eigenvalue weighted by Gasteiger charge is 2.14. The van der Waals surface area contributed by atoms with E-state index in [0.29, 0.717) is 30.3 Å². The maximum atomic E-state index is 12.6. The number of amides is 1. The molecule has 0 radical (unpaired) electrons. The first-order valence-electron chi connectivity index (χ1n) is 9.67. The van der Waals surface area contributed by atoms with Crippen molar-refractivity contribution in [3.63, 3.8) is 0 Å². The second kappa shape index (κ2) is 8.22. The molecule has 8 heteroatoms. The Hall–Kier alpha value is -3.55. The maximum Gasteiger partial charge on any atom is 0.277 e. The van der Waals surface area contributed by atoms with Crippen LogP contribution in [0.15, 0.2) is 59.7 Å². The third-order valence-corrected chi connectivity index (χ3v) is 4.99. The molecule has 4 aromatic rings. The van der Waals surface area contributed by atoms with E-state index >= 15 is 0 Å². The third-order valence-electron chi connectivity index (χ3n) is 4.99. The Balaban J connectivity index is 1.40. The van der Waals surface area contributed by atoms with Crippen LogP contribution in [0.3, 0.4) is 0 Å². The summed E-state index contributed by atoms with van der Waals surface area (Å²) in [5.74, 6) is -0.0728. The lowest BCUT2D eigenvalue weighted by Gasteiger charge is -2.17. The van der Waals surface area contributed by atoms with Crippen molar-refractivity contribution in [3.05, 3.63) is 65.2 Å². The molecule has 0 spiro atoms. The highest BCUT2D eigenvalue weighted by Crippen LogP contribution is 2.12. The number of nitrogens with zero attached hydrogens (tertiary/aromatic N) is 5. The lowest BCUT2D eigenvalue weighted by Crippen LogP contribution is -2.41. The van der Waals surface area contributed by atoms with Gasteiger partial charge in [0, 0.05) is 19.0 Å². The number of imidazole rings is 1. The van der Waals surface area contributed by atoms with Gasteiger partial charge in [-0.3, -0.25) is 9.59 Å². The van der Waals surface area contributed by atoms with E-state index in [-0.39, 0.29) is 24.1 Å². The molecule has 2 heterocycles. The molecule has 148 valence electrons. The summed E-state index contributed by atoms with van der Waals surface area (Å²) in [5.41, 5.74) is 2.28. The molecule has 0 unspecified atom stereocenters. The number of hydrogen-bond acceptors (Lipinski definition) is 5. The molecule has 0 aliphatic rings. The Morgan fingerprint density at radius 3 is 2.69 bits per heavy atom. The first-order chi connectivity index (χ1) is 14.2. The predicted octanol–water partition coefficient (Wildman–Crippen LogP) is 2.13. The van der Waals surface area contributed by atoms with E-state index < -0.39 is 0 Å². The summed E-state index contributed by atoms with van der Waals surface area (Å²) in [6.07, 6.45) is 2.76. The van der Waals surface area contributed by atoms with Crippen molar-refractivity contribution in [2.45, 2.75) is 38.9 Å². The van der Waals surface area contributed by atoms with Crippen LogP contribution in [0.4, 0.5) is 0 Å². The van der Waals surface area contributed by atoms with Crippen LogP contribution in [0, 0.1) is 0 Å². The van der Waals surface area contributed by atoms with E-state index in [2.05, 4.69) is 20.6 Å². The fourth-order valence-electron chi connectivity index (χ4n) is 3.34. The molecule has 1 amide bonds. The number of fused-ring (bicyclic) bond motifs is 2. The Bertz CT molecular complexity index is 1210. The Labute approximate surface area is 167 Å². The normalized spacial score (nSPS) is 12.3. The first-order valence-corrected chi connectivity index (χ1v) is 9.67. The van der Waals surface area contributed by atoms with Gasteiger partial charge in [-0.05, 0) is 30.7 Å². The number of hydrogen-bond donors (Lipinski definition) is 1. The summed E-state index contributed by atoms with van der Waals surface area (Å²) in [4.78, 5) is 29.4. The molecule has 0 aliphatic carbocycles. The fourth-order valence-corrected chi connectivity index (χ4v) is 3.34. The smallest absolute Gasteiger partial charge is 0.277 e. The molecule has 0 saturated carbocycles. The van der Waals surface area contributed by atoms with Crippen molar-refractivity contribution in [1.82, 2.24) is 29.9 Å². The molecule has 0 aliphatic heterocycles. The van der Waals surface area contributed by atoms with E-state index in [9.17, 15) is 9.59 Å². The van der Waals surface area contributed by atoms with E-state index in [4.69, 9.17) is 0 Å². The lowest BCUT2D eigenvalue weighted by atomic mass is 10.2. The zero-order chi connectivity index (χ0) is 20.2. The number of carbonyl (C=O) groups is 1. The van der Waals surface area contributed by atoms with E-state index in [1.54, 1.807) is 24.5 Å². The molecule has 0 fully saturated rings. The van der Waals surface area contributed by atoms with Crippen LogP contribution in [-0.2, 0) is 17.9 Å². The molecule has 0 saturated heterocycles. The zero-order valence-corrected chi connectivity index (χ0v) is 16.2. The van der Waals surface area contributed by atoms with Gasteiger partial charge >= 0.3 is 0 Å². The van der Waals surface area contributed by atoms with Gasteiger partial charge in [0.2, 0.25) is 5.91 Å². The van der Waals surface area contributed by atoms with Crippen LogP contribution < -0.4 is 10.9 Å². The highest BCUT2D eigenvalue weighted by atomic mass is 16.2. The first kappa shape index (κ1) is 18.8. The largest absolute Gasteiger partial charge is 0.351 e. The van der Waals surface area contributed by atoms with Gasteiger partial charge in [0.25, 0.3) is 5.56 Å². The number of aryl methyl sites for hydroxylation is 1. The molecule has 2 aromatic heterocycles. The van der Waals surface area contributed by atoms with E-state index in [1.807, 2.05) is 41.8 Å². The standard InChI is InChI=1S/C21H22N6O2/c1-2-15(13-27-21(29)16-7-3-4-8-17(16)24-25-27)23-20(28)11-12-26-14-22-18-9-5-6-10-19(18)26/h3-10,14-15H,2,11-13H2,1H3,(H,23,28)/t15-/m1/s1. The average Bonchev–Trinajstić information content (AvgIpc) is 3.17. The molecule has 2 aromatic carbocycles. The Morgan fingerprint density at radius 2 is 1.86 bits per heavy atom. The van der Waals surface area contributed by atoms with Crippen LogP contribution in [0.1, 0.15) is 19.8 Å². The summed E-state index contributed by atoms with van der Waals surface area (Å²) in [6, 6.07) is 14.7. The maximum absolute atomic E-state index is 12.6. The summed E-state index contributed by atoms with van der Waals surface area (Å²) >= 11 is 0. The van der Waals surface area contributed by atoms with Crippen LogP contribution in [0.25, 0.3) is 21.9 Å². The third kappa shape index (κ3) is 4.01. The zero-order valence-electron chi connectivity index (χ0n) is 16.2. The van der Waals surface area contributed by atoms with Gasteiger partial charge in [0.1, 0.15) is 5.52 Å². The number of aromatic nitrogens is 5. The van der Waals surface area contributed by atoms with Crippen molar-refractivity contribution < 1.29 is 4.79 Å². The van der Waals surface area contributed by atoms with Gasteiger partial charge in [-0.15, -0.1) is 5.10 Å². The minimum Gasteiger partial charge on any atom is -0.351 e. The van der Waals surface area contributed by atoms with Crippen LogP contribution in [0.5, 0.6) is 0 Å². The van der Waals surface area contributed by atoms with Gasteiger partial charge in [-0.1, -0.05) is 36.4 Å². The number of rotatable bonds is 7. The molecular weight excluding hydrogens is 368 g/mol. The average molecular weight is 390 g/mol. The molecule has 1 N–H and O–H groups in total.